The Labute approximate surface area is 166 Å². The summed E-state index contributed by atoms with van der Waals surface area (Å²) < 4.78 is 44.4. The highest BCUT2D eigenvalue weighted by Gasteiger charge is 2.32. The van der Waals surface area contributed by atoms with Gasteiger partial charge >= 0.3 is 6.18 Å². The maximum absolute atomic E-state index is 13.0. The van der Waals surface area contributed by atoms with Crippen LogP contribution in [-0.2, 0) is 17.4 Å². The lowest BCUT2D eigenvalue weighted by molar-refractivity contribution is -0.137. The molecule has 0 saturated heterocycles. The van der Waals surface area contributed by atoms with Crippen LogP contribution in [0.2, 0.25) is 0 Å². The molecule has 2 aliphatic rings. The fourth-order valence-electron chi connectivity index (χ4n) is 3.81. The molecule has 29 heavy (non-hydrogen) atoms. The van der Waals surface area contributed by atoms with E-state index in [1.807, 2.05) is 6.07 Å². The van der Waals surface area contributed by atoms with Gasteiger partial charge in [0.05, 0.1) is 18.3 Å². The summed E-state index contributed by atoms with van der Waals surface area (Å²) in [6, 6.07) is 8.78. The highest BCUT2D eigenvalue weighted by Crippen LogP contribution is 2.38. The summed E-state index contributed by atoms with van der Waals surface area (Å²) in [5, 5.41) is 12.8. The summed E-state index contributed by atoms with van der Waals surface area (Å²) >= 11 is 0. The van der Waals surface area contributed by atoms with Crippen LogP contribution in [-0.4, -0.2) is 17.6 Å². The van der Waals surface area contributed by atoms with E-state index >= 15 is 0 Å². The zero-order valence-electron chi connectivity index (χ0n) is 15.6. The Morgan fingerprint density at radius 1 is 1.17 bits per heavy atom. The third kappa shape index (κ3) is 4.15. The average Bonchev–Trinajstić information content (AvgIpc) is 2.91. The van der Waals surface area contributed by atoms with Crippen molar-refractivity contribution < 1.29 is 27.8 Å². The number of hydrogen-bond acceptors (Lipinski definition) is 3. The minimum atomic E-state index is -4.45. The maximum Gasteiger partial charge on any atom is 0.416 e. The Bertz CT molecular complexity index is 982. The number of aliphatic hydroxyl groups excluding tert-OH is 1. The van der Waals surface area contributed by atoms with Gasteiger partial charge in [0.1, 0.15) is 5.75 Å². The standard InChI is InChI=1S/C22H20F3NO3/c23-22(24,25)15-5-7-17-14(2-1-9-29-20(17)11-15)10-21(28)26-16-6-3-13-4-8-19(27)18(13)12-16/h3,5-7,10-12,19,27H,1-2,4,8-9H2,(H,26,28)/b14-10+. The van der Waals surface area contributed by atoms with Crippen molar-refractivity contribution >= 4 is 17.2 Å². The number of alkyl halides is 3. The smallest absolute Gasteiger partial charge is 0.416 e. The first-order valence-electron chi connectivity index (χ1n) is 9.48. The Morgan fingerprint density at radius 2 is 2.00 bits per heavy atom. The normalized spacial score (nSPS) is 19.9. The molecular formula is C22H20F3NO3. The third-order valence-corrected chi connectivity index (χ3v) is 5.27. The van der Waals surface area contributed by atoms with Gasteiger partial charge in [-0.3, -0.25) is 4.79 Å². The SMILES string of the molecule is O=C(/C=C1\CCCOc2cc(C(F)(F)F)ccc21)Nc1ccc2c(c1)C(O)CC2. The fraction of sp³-hybridized carbons (Fsp3) is 0.318. The van der Waals surface area contributed by atoms with Gasteiger partial charge in [-0.2, -0.15) is 13.2 Å². The first-order chi connectivity index (χ1) is 13.8. The fourth-order valence-corrected chi connectivity index (χ4v) is 3.81. The first kappa shape index (κ1) is 19.5. The van der Waals surface area contributed by atoms with Crippen LogP contribution in [0.15, 0.2) is 42.5 Å². The summed E-state index contributed by atoms with van der Waals surface area (Å²) in [4.78, 5) is 12.5. The van der Waals surface area contributed by atoms with Crippen molar-refractivity contribution in [3.63, 3.8) is 0 Å². The van der Waals surface area contributed by atoms with E-state index in [0.717, 1.165) is 29.7 Å². The van der Waals surface area contributed by atoms with Gasteiger partial charge in [0.15, 0.2) is 0 Å². The Hall–Kier alpha value is -2.80. The number of amides is 1. The summed E-state index contributed by atoms with van der Waals surface area (Å²) in [7, 11) is 0. The predicted octanol–water partition coefficient (Wildman–Crippen LogP) is 4.88. The Kier molecular flexibility index (Phi) is 5.08. The second-order valence-corrected chi connectivity index (χ2v) is 7.29. The molecule has 1 amide bonds. The number of ether oxygens (including phenoxy) is 1. The number of aliphatic hydroxyl groups is 1. The molecule has 0 bridgehead atoms. The molecule has 0 radical (unpaired) electrons. The van der Waals surface area contributed by atoms with E-state index < -0.39 is 17.8 Å². The molecule has 152 valence electrons. The van der Waals surface area contributed by atoms with E-state index in [1.54, 1.807) is 12.1 Å². The number of carbonyl (C=O) groups is 1. The second kappa shape index (κ2) is 7.55. The number of carbonyl (C=O) groups excluding carboxylic acids is 1. The van der Waals surface area contributed by atoms with Crippen molar-refractivity contribution in [3.05, 3.63) is 64.7 Å². The molecule has 0 fully saturated rings. The lowest BCUT2D eigenvalue weighted by Crippen LogP contribution is -2.10. The molecule has 0 aromatic heterocycles. The van der Waals surface area contributed by atoms with Gasteiger partial charge in [0.25, 0.3) is 0 Å². The number of hydrogen-bond donors (Lipinski definition) is 2. The molecule has 4 nitrogen and oxygen atoms in total. The molecule has 2 aromatic rings. The van der Waals surface area contributed by atoms with Crippen molar-refractivity contribution in [1.29, 1.82) is 0 Å². The summed E-state index contributed by atoms with van der Waals surface area (Å²) in [6.07, 6.45) is -0.962. The van der Waals surface area contributed by atoms with Gasteiger partial charge < -0.3 is 15.2 Å². The maximum atomic E-state index is 13.0. The van der Waals surface area contributed by atoms with Gasteiger partial charge in [-0.25, -0.2) is 0 Å². The number of anilines is 1. The van der Waals surface area contributed by atoms with Gasteiger partial charge in [-0.15, -0.1) is 0 Å². The lowest BCUT2D eigenvalue weighted by Gasteiger charge is -2.13. The van der Waals surface area contributed by atoms with Crippen LogP contribution < -0.4 is 10.1 Å². The molecule has 1 atom stereocenters. The van der Waals surface area contributed by atoms with Crippen LogP contribution in [0, 0.1) is 0 Å². The Morgan fingerprint density at radius 3 is 2.79 bits per heavy atom. The number of rotatable bonds is 2. The first-order valence-corrected chi connectivity index (χ1v) is 9.48. The highest BCUT2D eigenvalue weighted by molar-refractivity contribution is 6.04. The highest BCUT2D eigenvalue weighted by atomic mass is 19.4. The molecule has 0 saturated carbocycles. The van der Waals surface area contributed by atoms with E-state index in [4.69, 9.17) is 4.74 Å². The molecule has 2 aromatic carbocycles. The van der Waals surface area contributed by atoms with Crippen molar-refractivity contribution in [3.8, 4) is 5.75 Å². The van der Waals surface area contributed by atoms with Crippen molar-refractivity contribution in [2.75, 3.05) is 11.9 Å². The summed E-state index contributed by atoms with van der Waals surface area (Å²) in [6.45, 7) is 0.288. The van der Waals surface area contributed by atoms with E-state index in [0.29, 0.717) is 36.1 Å². The number of nitrogens with one attached hydrogen (secondary N) is 1. The van der Waals surface area contributed by atoms with Crippen LogP contribution in [0.4, 0.5) is 18.9 Å². The number of benzene rings is 2. The molecular weight excluding hydrogens is 383 g/mol. The molecule has 7 heteroatoms. The van der Waals surface area contributed by atoms with E-state index in [9.17, 15) is 23.1 Å². The molecule has 0 spiro atoms. The van der Waals surface area contributed by atoms with Crippen molar-refractivity contribution in [1.82, 2.24) is 0 Å². The minimum Gasteiger partial charge on any atom is -0.493 e. The van der Waals surface area contributed by atoms with E-state index in [1.165, 1.54) is 12.1 Å². The van der Waals surface area contributed by atoms with Gasteiger partial charge in [-0.05, 0) is 66.6 Å². The lowest BCUT2D eigenvalue weighted by atomic mass is 9.99. The van der Waals surface area contributed by atoms with Crippen LogP contribution in [0.5, 0.6) is 5.75 Å². The number of halogens is 3. The van der Waals surface area contributed by atoms with Crippen molar-refractivity contribution in [2.24, 2.45) is 0 Å². The molecule has 1 unspecified atom stereocenters. The van der Waals surface area contributed by atoms with Crippen LogP contribution in [0.1, 0.15) is 47.6 Å². The largest absolute Gasteiger partial charge is 0.493 e. The Balaban J connectivity index is 1.58. The van der Waals surface area contributed by atoms with Crippen LogP contribution in [0.3, 0.4) is 0 Å². The zero-order valence-corrected chi connectivity index (χ0v) is 15.6. The zero-order chi connectivity index (χ0) is 20.6. The molecule has 1 heterocycles. The number of fused-ring (bicyclic) bond motifs is 2. The van der Waals surface area contributed by atoms with Gasteiger partial charge in [0, 0.05) is 17.3 Å². The van der Waals surface area contributed by atoms with E-state index in [-0.39, 0.29) is 18.3 Å². The molecule has 1 aliphatic heterocycles. The number of aryl methyl sites for hydroxylation is 1. The molecule has 4 rings (SSSR count). The monoisotopic (exact) mass is 403 g/mol. The molecule has 1 aliphatic carbocycles. The predicted molar refractivity (Wildman–Crippen MR) is 103 cm³/mol. The van der Waals surface area contributed by atoms with Crippen LogP contribution >= 0.6 is 0 Å². The minimum absolute atomic E-state index is 0.136. The third-order valence-electron chi connectivity index (χ3n) is 5.27. The van der Waals surface area contributed by atoms with Gasteiger partial charge in [-0.1, -0.05) is 12.1 Å². The average molecular weight is 403 g/mol. The van der Waals surface area contributed by atoms with E-state index in [2.05, 4.69) is 5.32 Å². The molecule has 2 N–H and O–H groups in total. The topological polar surface area (TPSA) is 58.6 Å². The number of allylic oxidation sites excluding steroid dienone is 1. The summed E-state index contributed by atoms with van der Waals surface area (Å²) in [5.41, 5.74) is 2.81. The second-order valence-electron chi connectivity index (χ2n) is 7.29. The van der Waals surface area contributed by atoms with Crippen molar-refractivity contribution in [2.45, 2.75) is 38.0 Å². The summed E-state index contributed by atoms with van der Waals surface area (Å²) in [5.74, 6) is -0.239. The van der Waals surface area contributed by atoms with Crippen LogP contribution in [0.25, 0.3) is 5.57 Å². The van der Waals surface area contributed by atoms with Gasteiger partial charge in [0.2, 0.25) is 5.91 Å². The quantitative estimate of drug-likeness (QED) is 0.703.